The minimum Gasteiger partial charge on any atom is -0.479 e. The third-order valence-electron chi connectivity index (χ3n) is 4.42. The first kappa shape index (κ1) is 17.6. The molecule has 4 rings (SSSR count). The van der Waals surface area contributed by atoms with Gasteiger partial charge in [0, 0.05) is 28.7 Å². The Bertz CT molecular complexity index is 1180. The zero-order valence-corrected chi connectivity index (χ0v) is 15.2. The summed E-state index contributed by atoms with van der Waals surface area (Å²) in [5.74, 6) is 6.48. The van der Waals surface area contributed by atoms with Gasteiger partial charge in [0.2, 0.25) is 5.91 Å². The molecule has 0 saturated carbocycles. The van der Waals surface area contributed by atoms with Crippen LogP contribution in [0.2, 0.25) is 0 Å². The number of ether oxygens (including phenoxy) is 1. The Morgan fingerprint density at radius 3 is 2.93 bits per heavy atom. The quantitative estimate of drug-likeness (QED) is 0.530. The van der Waals surface area contributed by atoms with Crippen LogP contribution in [-0.4, -0.2) is 29.0 Å². The van der Waals surface area contributed by atoms with E-state index in [2.05, 4.69) is 27.1 Å². The van der Waals surface area contributed by atoms with Crippen LogP contribution in [0.15, 0.2) is 67.0 Å². The third-order valence-corrected chi connectivity index (χ3v) is 4.42. The molecule has 4 aromatic rings. The minimum absolute atomic E-state index is 0.0572. The lowest BCUT2D eigenvalue weighted by molar-refractivity contribution is -0.120. The van der Waals surface area contributed by atoms with Gasteiger partial charge in [0.15, 0.2) is 0 Å². The molecule has 2 aromatic heterocycles. The van der Waals surface area contributed by atoms with E-state index in [4.69, 9.17) is 4.74 Å². The van der Waals surface area contributed by atoms with Crippen molar-refractivity contribution in [3.8, 4) is 17.6 Å². The predicted octanol–water partition coefficient (Wildman–Crippen LogP) is 3.46. The molecular weight excluding hydrogens is 350 g/mol. The summed E-state index contributed by atoms with van der Waals surface area (Å²) in [4.78, 5) is 19.6. The van der Waals surface area contributed by atoms with E-state index < -0.39 is 0 Å². The lowest BCUT2D eigenvalue weighted by Crippen LogP contribution is -2.25. The number of benzene rings is 2. The Labute approximate surface area is 162 Å². The van der Waals surface area contributed by atoms with E-state index >= 15 is 0 Å². The van der Waals surface area contributed by atoms with Crippen molar-refractivity contribution in [3.05, 3.63) is 72.6 Å². The molecule has 0 unspecified atom stereocenters. The van der Waals surface area contributed by atoms with Gasteiger partial charge in [-0.2, -0.15) is 0 Å². The molecule has 0 bridgehead atoms. The van der Waals surface area contributed by atoms with E-state index in [-0.39, 0.29) is 12.5 Å². The second kappa shape index (κ2) is 8.28. The van der Waals surface area contributed by atoms with Crippen molar-refractivity contribution in [1.29, 1.82) is 0 Å². The lowest BCUT2D eigenvalue weighted by Gasteiger charge is -2.05. The van der Waals surface area contributed by atoms with Crippen LogP contribution < -0.4 is 10.1 Å². The molecule has 0 fully saturated rings. The van der Waals surface area contributed by atoms with Crippen LogP contribution in [0.25, 0.3) is 21.8 Å². The Morgan fingerprint density at radius 1 is 1.07 bits per heavy atom. The van der Waals surface area contributed by atoms with Crippen LogP contribution >= 0.6 is 0 Å². The molecule has 138 valence electrons. The normalized spacial score (nSPS) is 10.4. The van der Waals surface area contributed by atoms with Gasteiger partial charge < -0.3 is 15.0 Å². The molecule has 2 N–H and O–H groups in total. The number of carbonyl (C=O) groups is 1. The molecule has 1 amide bonds. The third kappa shape index (κ3) is 3.97. The van der Waals surface area contributed by atoms with Gasteiger partial charge in [-0.1, -0.05) is 48.2 Å². The van der Waals surface area contributed by atoms with Crippen LogP contribution in [-0.2, 0) is 11.2 Å². The van der Waals surface area contributed by atoms with Crippen molar-refractivity contribution in [2.24, 2.45) is 0 Å². The molecule has 0 spiro atoms. The smallest absolute Gasteiger partial charge is 0.225 e. The summed E-state index contributed by atoms with van der Waals surface area (Å²) in [7, 11) is 0. The van der Waals surface area contributed by atoms with Crippen LogP contribution in [0.5, 0.6) is 5.75 Å². The number of aromatic amines is 1. The second-order valence-corrected chi connectivity index (χ2v) is 6.29. The Morgan fingerprint density at radius 2 is 1.96 bits per heavy atom. The van der Waals surface area contributed by atoms with E-state index in [0.29, 0.717) is 18.7 Å². The van der Waals surface area contributed by atoms with Gasteiger partial charge in [0.1, 0.15) is 17.9 Å². The fraction of sp³-hybridized carbons (Fsp3) is 0.130. The van der Waals surface area contributed by atoms with E-state index in [1.807, 2.05) is 60.8 Å². The molecule has 28 heavy (non-hydrogen) atoms. The van der Waals surface area contributed by atoms with Crippen molar-refractivity contribution >= 4 is 27.7 Å². The van der Waals surface area contributed by atoms with E-state index in [9.17, 15) is 4.79 Å². The van der Waals surface area contributed by atoms with E-state index in [0.717, 1.165) is 27.4 Å². The van der Waals surface area contributed by atoms with Crippen molar-refractivity contribution in [2.45, 2.75) is 6.42 Å². The van der Waals surface area contributed by atoms with Crippen LogP contribution in [0, 0.1) is 11.8 Å². The summed E-state index contributed by atoms with van der Waals surface area (Å²) < 4.78 is 5.71. The average Bonchev–Trinajstić information content (AvgIpc) is 3.13. The van der Waals surface area contributed by atoms with Crippen molar-refractivity contribution < 1.29 is 9.53 Å². The molecule has 0 radical (unpaired) electrons. The fourth-order valence-corrected chi connectivity index (χ4v) is 3.08. The Hall–Kier alpha value is -3.78. The highest BCUT2D eigenvalue weighted by Gasteiger charge is 2.07. The summed E-state index contributed by atoms with van der Waals surface area (Å²) in [5.41, 5.74) is 2.83. The Balaban J connectivity index is 1.26. The molecule has 0 aliphatic rings. The predicted molar refractivity (Wildman–Crippen MR) is 110 cm³/mol. The van der Waals surface area contributed by atoms with Crippen LogP contribution in [0.4, 0.5) is 0 Å². The van der Waals surface area contributed by atoms with Gasteiger partial charge in [0.05, 0.1) is 13.0 Å². The second-order valence-electron chi connectivity index (χ2n) is 6.29. The van der Waals surface area contributed by atoms with Crippen molar-refractivity contribution in [2.75, 3.05) is 13.2 Å². The molecule has 0 atom stereocenters. The number of rotatable bonds is 5. The molecule has 2 heterocycles. The Kier molecular flexibility index (Phi) is 5.21. The molecule has 0 aliphatic carbocycles. The SMILES string of the molecule is O=C(Cc1c[nH]c2ccccc12)NCC#CCOc1cccc2cccnc12. The number of para-hydroxylation sites is 2. The topological polar surface area (TPSA) is 67.0 Å². The number of carbonyl (C=O) groups excluding carboxylic acids is 1. The minimum atomic E-state index is -0.0572. The van der Waals surface area contributed by atoms with Gasteiger partial charge in [0.25, 0.3) is 0 Å². The number of amides is 1. The summed E-state index contributed by atoms with van der Waals surface area (Å²) in [6.45, 7) is 0.534. The molecule has 5 heteroatoms. The zero-order valence-electron chi connectivity index (χ0n) is 15.2. The maximum atomic E-state index is 12.1. The molecule has 2 aromatic carbocycles. The number of fused-ring (bicyclic) bond motifs is 2. The molecular formula is C23H19N3O2. The first-order chi connectivity index (χ1) is 13.8. The number of nitrogens with one attached hydrogen (secondary N) is 2. The number of nitrogens with zero attached hydrogens (tertiary/aromatic N) is 1. The summed E-state index contributed by atoms with van der Waals surface area (Å²) in [6, 6.07) is 17.6. The van der Waals surface area contributed by atoms with Gasteiger partial charge in [-0.05, 0) is 23.8 Å². The number of hydrogen-bond donors (Lipinski definition) is 2. The average molecular weight is 369 g/mol. The molecule has 0 aliphatic heterocycles. The maximum Gasteiger partial charge on any atom is 0.225 e. The van der Waals surface area contributed by atoms with E-state index in [1.54, 1.807) is 6.20 Å². The van der Waals surface area contributed by atoms with Gasteiger partial charge in [-0.25, -0.2) is 0 Å². The van der Waals surface area contributed by atoms with Crippen molar-refractivity contribution in [1.82, 2.24) is 15.3 Å². The number of aromatic nitrogens is 2. The first-order valence-corrected chi connectivity index (χ1v) is 9.05. The summed E-state index contributed by atoms with van der Waals surface area (Å²) >= 11 is 0. The monoisotopic (exact) mass is 369 g/mol. The van der Waals surface area contributed by atoms with Gasteiger partial charge in [-0.15, -0.1) is 0 Å². The molecule has 0 saturated heterocycles. The van der Waals surface area contributed by atoms with Crippen LogP contribution in [0.1, 0.15) is 5.56 Å². The number of hydrogen-bond acceptors (Lipinski definition) is 3. The highest BCUT2D eigenvalue weighted by atomic mass is 16.5. The standard InChI is InChI=1S/C23H19N3O2/c27-22(15-18-16-26-20-10-2-1-9-19(18)20)24-12-3-4-14-28-21-11-5-7-17-8-6-13-25-23(17)21/h1-2,5-11,13,16,26H,12,14-15H2,(H,24,27). The van der Waals surface area contributed by atoms with Crippen LogP contribution in [0.3, 0.4) is 0 Å². The number of H-pyrrole nitrogens is 1. The molecule has 5 nitrogen and oxygen atoms in total. The van der Waals surface area contributed by atoms with E-state index in [1.165, 1.54) is 0 Å². The zero-order chi connectivity index (χ0) is 19.2. The highest BCUT2D eigenvalue weighted by Crippen LogP contribution is 2.22. The van der Waals surface area contributed by atoms with Gasteiger partial charge in [-0.3, -0.25) is 9.78 Å². The van der Waals surface area contributed by atoms with Crippen molar-refractivity contribution in [3.63, 3.8) is 0 Å². The lowest BCUT2D eigenvalue weighted by atomic mass is 10.1. The number of pyridine rings is 1. The largest absolute Gasteiger partial charge is 0.479 e. The first-order valence-electron chi connectivity index (χ1n) is 9.05. The summed E-state index contributed by atoms with van der Waals surface area (Å²) in [6.07, 6.45) is 3.94. The highest BCUT2D eigenvalue weighted by molar-refractivity contribution is 5.89. The fourth-order valence-electron chi connectivity index (χ4n) is 3.08. The maximum absolute atomic E-state index is 12.1. The summed E-state index contributed by atoms with van der Waals surface area (Å²) in [5, 5.41) is 4.92. The van der Waals surface area contributed by atoms with Gasteiger partial charge >= 0.3 is 0 Å².